The molecule has 1 aromatic rings. The third-order valence-electron chi connectivity index (χ3n) is 3.12. The van der Waals surface area contributed by atoms with Crippen LogP contribution in [0.25, 0.3) is 0 Å². The van der Waals surface area contributed by atoms with E-state index in [1.165, 1.54) is 0 Å². The Balaban J connectivity index is 2.63. The summed E-state index contributed by atoms with van der Waals surface area (Å²) in [4.78, 5) is 33.3. The molecule has 1 unspecified atom stereocenters. The summed E-state index contributed by atoms with van der Waals surface area (Å²) in [6, 6.07) is 7.01. The van der Waals surface area contributed by atoms with Gasteiger partial charge in [-0.25, -0.2) is 0 Å². The zero-order chi connectivity index (χ0) is 16.0. The monoisotopic (exact) mass is 293 g/mol. The average Bonchev–Trinajstić information content (AvgIpc) is 2.42. The van der Waals surface area contributed by atoms with Gasteiger partial charge in [0.25, 0.3) is 5.91 Å². The maximum absolute atomic E-state index is 11.9. The summed E-state index contributed by atoms with van der Waals surface area (Å²) in [5.74, 6) is -3.65. The highest BCUT2D eigenvalue weighted by atomic mass is 16.4. The summed E-state index contributed by atoms with van der Waals surface area (Å²) in [5.41, 5.74) is 1.51. The first-order chi connectivity index (χ1) is 9.81. The van der Waals surface area contributed by atoms with Crippen molar-refractivity contribution in [3.63, 3.8) is 0 Å². The van der Waals surface area contributed by atoms with Crippen molar-refractivity contribution in [2.24, 2.45) is 5.92 Å². The van der Waals surface area contributed by atoms with Crippen LogP contribution in [0.15, 0.2) is 24.3 Å². The van der Waals surface area contributed by atoms with Crippen LogP contribution in [0.1, 0.15) is 42.1 Å². The van der Waals surface area contributed by atoms with Crippen molar-refractivity contribution in [2.45, 2.75) is 26.2 Å². The first-order valence-electron chi connectivity index (χ1n) is 6.64. The highest BCUT2D eigenvalue weighted by Gasteiger charge is 2.21. The van der Waals surface area contributed by atoms with E-state index in [-0.39, 0.29) is 6.54 Å². The lowest BCUT2D eigenvalue weighted by atomic mass is 10.0. The van der Waals surface area contributed by atoms with Crippen LogP contribution < -0.4 is 5.32 Å². The quantitative estimate of drug-likeness (QED) is 0.710. The number of hydrogen-bond acceptors (Lipinski definition) is 3. The number of carbonyl (C=O) groups is 3. The standard InChI is InChI=1S/C15H19NO5/c1-9(2)10-3-5-11(6-4-10)14(19)16-8-12(15(20)21)7-13(17)18/h3-6,9,12H,7-8H2,1-2H3,(H,16,19)(H,17,18)(H,20,21). The van der Waals surface area contributed by atoms with Crippen molar-refractivity contribution in [3.8, 4) is 0 Å². The van der Waals surface area contributed by atoms with Crippen LogP contribution in [0.2, 0.25) is 0 Å². The van der Waals surface area contributed by atoms with Gasteiger partial charge in [-0.15, -0.1) is 0 Å². The minimum absolute atomic E-state index is 0.216. The molecule has 114 valence electrons. The number of carboxylic acid groups (broad SMARTS) is 2. The number of aliphatic carboxylic acids is 2. The van der Waals surface area contributed by atoms with E-state index >= 15 is 0 Å². The van der Waals surface area contributed by atoms with Gasteiger partial charge in [-0.1, -0.05) is 26.0 Å². The normalized spacial score (nSPS) is 12.0. The van der Waals surface area contributed by atoms with Gasteiger partial charge in [0, 0.05) is 12.1 Å². The minimum Gasteiger partial charge on any atom is -0.481 e. The molecule has 1 amide bonds. The number of hydrogen-bond donors (Lipinski definition) is 3. The summed E-state index contributed by atoms with van der Waals surface area (Å²) < 4.78 is 0. The molecule has 0 aromatic heterocycles. The summed E-state index contributed by atoms with van der Waals surface area (Å²) in [7, 11) is 0. The molecule has 1 rings (SSSR count). The fourth-order valence-electron chi connectivity index (χ4n) is 1.79. The molecule has 21 heavy (non-hydrogen) atoms. The van der Waals surface area contributed by atoms with Gasteiger partial charge in [0.1, 0.15) is 0 Å². The van der Waals surface area contributed by atoms with Crippen molar-refractivity contribution in [1.82, 2.24) is 5.32 Å². The van der Waals surface area contributed by atoms with E-state index in [1.54, 1.807) is 12.1 Å². The van der Waals surface area contributed by atoms with Crippen LogP contribution in [0, 0.1) is 5.92 Å². The number of nitrogens with one attached hydrogen (secondary N) is 1. The van der Waals surface area contributed by atoms with E-state index in [4.69, 9.17) is 10.2 Å². The lowest BCUT2D eigenvalue weighted by molar-refractivity contribution is -0.148. The molecule has 1 atom stereocenters. The Bertz CT molecular complexity index is 521. The second kappa shape index (κ2) is 7.42. The molecule has 0 saturated heterocycles. The number of rotatable bonds is 7. The molecule has 0 bridgehead atoms. The molecule has 0 heterocycles. The molecule has 6 nitrogen and oxygen atoms in total. The maximum Gasteiger partial charge on any atom is 0.308 e. The minimum atomic E-state index is -1.24. The molecule has 0 saturated carbocycles. The van der Waals surface area contributed by atoms with E-state index in [0.717, 1.165) is 5.56 Å². The van der Waals surface area contributed by atoms with E-state index in [9.17, 15) is 14.4 Å². The van der Waals surface area contributed by atoms with Gasteiger partial charge < -0.3 is 15.5 Å². The Labute approximate surface area is 122 Å². The van der Waals surface area contributed by atoms with Crippen LogP contribution in [0.4, 0.5) is 0 Å². The molecule has 0 fully saturated rings. The Morgan fingerprint density at radius 2 is 1.67 bits per heavy atom. The largest absolute Gasteiger partial charge is 0.481 e. The molecule has 0 spiro atoms. The third kappa shape index (κ3) is 5.25. The van der Waals surface area contributed by atoms with Crippen LogP contribution in [0.5, 0.6) is 0 Å². The number of benzene rings is 1. The second-order valence-electron chi connectivity index (χ2n) is 5.12. The smallest absolute Gasteiger partial charge is 0.308 e. The third-order valence-corrected chi connectivity index (χ3v) is 3.12. The van der Waals surface area contributed by atoms with Crippen molar-refractivity contribution >= 4 is 17.8 Å². The maximum atomic E-state index is 11.9. The topological polar surface area (TPSA) is 104 Å². The molecular formula is C15H19NO5. The zero-order valence-electron chi connectivity index (χ0n) is 12.0. The Morgan fingerprint density at radius 1 is 1.10 bits per heavy atom. The van der Waals surface area contributed by atoms with Gasteiger partial charge >= 0.3 is 11.9 Å². The van der Waals surface area contributed by atoms with Gasteiger partial charge in [-0.3, -0.25) is 14.4 Å². The summed E-state index contributed by atoms with van der Waals surface area (Å²) in [6.45, 7) is 3.86. The lowest BCUT2D eigenvalue weighted by Gasteiger charge is -2.12. The first-order valence-corrected chi connectivity index (χ1v) is 6.64. The first kappa shape index (κ1) is 16.7. The van der Waals surface area contributed by atoms with Crippen LogP contribution in [-0.2, 0) is 9.59 Å². The van der Waals surface area contributed by atoms with E-state index in [0.29, 0.717) is 11.5 Å². The lowest BCUT2D eigenvalue weighted by Crippen LogP contribution is -2.34. The Hall–Kier alpha value is -2.37. The SMILES string of the molecule is CC(C)c1ccc(C(=O)NCC(CC(=O)O)C(=O)O)cc1. The van der Waals surface area contributed by atoms with Crippen LogP contribution >= 0.6 is 0 Å². The van der Waals surface area contributed by atoms with E-state index in [2.05, 4.69) is 5.32 Å². The van der Waals surface area contributed by atoms with Crippen molar-refractivity contribution in [1.29, 1.82) is 0 Å². The highest BCUT2D eigenvalue weighted by molar-refractivity contribution is 5.94. The molecule has 0 aliphatic rings. The highest BCUT2D eigenvalue weighted by Crippen LogP contribution is 2.14. The average molecular weight is 293 g/mol. The van der Waals surface area contributed by atoms with Crippen molar-refractivity contribution in [2.75, 3.05) is 6.54 Å². The van der Waals surface area contributed by atoms with Gasteiger partial charge in [0.15, 0.2) is 0 Å². The summed E-state index contributed by atoms with van der Waals surface area (Å²) in [6.07, 6.45) is -0.526. The number of carboxylic acids is 2. The summed E-state index contributed by atoms with van der Waals surface area (Å²) in [5, 5.41) is 20.0. The molecular weight excluding hydrogens is 274 g/mol. The number of carbonyl (C=O) groups excluding carboxylic acids is 1. The Morgan fingerprint density at radius 3 is 2.10 bits per heavy atom. The van der Waals surface area contributed by atoms with Gasteiger partial charge in [-0.2, -0.15) is 0 Å². The van der Waals surface area contributed by atoms with Crippen LogP contribution in [-0.4, -0.2) is 34.6 Å². The molecule has 0 radical (unpaired) electrons. The predicted molar refractivity (Wildman–Crippen MR) is 76.2 cm³/mol. The zero-order valence-corrected chi connectivity index (χ0v) is 12.0. The fourth-order valence-corrected chi connectivity index (χ4v) is 1.79. The van der Waals surface area contributed by atoms with Gasteiger partial charge in [-0.05, 0) is 23.6 Å². The number of amides is 1. The van der Waals surface area contributed by atoms with Crippen molar-refractivity contribution < 1.29 is 24.6 Å². The summed E-state index contributed by atoms with van der Waals surface area (Å²) >= 11 is 0. The fraction of sp³-hybridized carbons (Fsp3) is 0.400. The Kier molecular flexibility index (Phi) is 5.90. The van der Waals surface area contributed by atoms with Gasteiger partial charge in [0.2, 0.25) is 0 Å². The van der Waals surface area contributed by atoms with E-state index in [1.807, 2.05) is 26.0 Å². The predicted octanol–water partition coefficient (Wildman–Crippen LogP) is 1.72. The van der Waals surface area contributed by atoms with E-state index < -0.39 is 30.2 Å². The molecule has 1 aromatic carbocycles. The van der Waals surface area contributed by atoms with Gasteiger partial charge in [0.05, 0.1) is 12.3 Å². The molecule has 3 N–H and O–H groups in total. The second-order valence-corrected chi connectivity index (χ2v) is 5.12. The van der Waals surface area contributed by atoms with Crippen molar-refractivity contribution in [3.05, 3.63) is 35.4 Å². The molecule has 0 aliphatic carbocycles. The van der Waals surface area contributed by atoms with Crippen LogP contribution in [0.3, 0.4) is 0 Å². The molecule has 0 aliphatic heterocycles. The molecule has 6 heteroatoms.